The molecule has 20 heavy (non-hydrogen) atoms. The van der Waals surface area contributed by atoms with Crippen molar-refractivity contribution in [2.24, 2.45) is 0 Å². The highest BCUT2D eigenvalue weighted by Crippen LogP contribution is 2.19. The molecular formula is C15H15ClN4. The quantitative estimate of drug-likeness (QED) is 0.693. The van der Waals surface area contributed by atoms with Crippen molar-refractivity contribution in [1.82, 2.24) is 20.0 Å². The third-order valence-corrected chi connectivity index (χ3v) is 3.39. The van der Waals surface area contributed by atoms with Gasteiger partial charge in [0.1, 0.15) is 0 Å². The van der Waals surface area contributed by atoms with Gasteiger partial charge in [-0.2, -0.15) is 0 Å². The Morgan fingerprint density at radius 3 is 2.95 bits per heavy atom. The highest BCUT2D eigenvalue weighted by atomic mass is 35.5. The fourth-order valence-corrected chi connectivity index (χ4v) is 2.52. The van der Waals surface area contributed by atoms with Crippen molar-refractivity contribution in [1.29, 1.82) is 0 Å². The number of hydrogen-bond acceptors (Lipinski definition) is 3. The maximum absolute atomic E-state index is 5.72. The first-order valence-corrected chi connectivity index (χ1v) is 7.10. The summed E-state index contributed by atoms with van der Waals surface area (Å²) in [7, 11) is 0. The van der Waals surface area contributed by atoms with Crippen LogP contribution >= 0.6 is 11.6 Å². The zero-order valence-corrected chi connectivity index (χ0v) is 12.0. The van der Waals surface area contributed by atoms with E-state index in [0.717, 1.165) is 28.7 Å². The summed E-state index contributed by atoms with van der Waals surface area (Å²) in [5.41, 5.74) is 4.16. The van der Waals surface area contributed by atoms with Crippen molar-refractivity contribution in [3.63, 3.8) is 0 Å². The lowest BCUT2D eigenvalue weighted by atomic mass is 10.1. The van der Waals surface area contributed by atoms with Crippen LogP contribution in [-0.4, -0.2) is 25.9 Å². The first-order chi connectivity index (χ1) is 9.76. The van der Waals surface area contributed by atoms with E-state index in [0.29, 0.717) is 12.4 Å². The molecule has 0 aliphatic heterocycles. The molecule has 3 rings (SSSR count). The van der Waals surface area contributed by atoms with Crippen molar-refractivity contribution in [2.75, 3.05) is 5.88 Å². The van der Waals surface area contributed by atoms with Crippen LogP contribution in [0.2, 0.25) is 0 Å². The fraction of sp³-hybridized carbons (Fsp3) is 0.267. The van der Waals surface area contributed by atoms with Crippen LogP contribution in [0.1, 0.15) is 17.0 Å². The minimum Gasteiger partial charge on any atom is -0.253 e. The van der Waals surface area contributed by atoms with E-state index >= 15 is 0 Å². The summed E-state index contributed by atoms with van der Waals surface area (Å²) < 4.78 is 1.85. The fourth-order valence-electron chi connectivity index (χ4n) is 2.33. The maximum atomic E-state index is 5.72. The number of aryl methyl sites for hydroxylation is 2. The molecule has 0 bridgehead atoms. The Morgan fingerprint density at radius 1 is 1.25 bits per heavy atom. The van der Waals surface area contributed by atoms with Gasteiger partial charge < -0.3 is 0 Å². The molecule has 0 spiro atoms. The van der Waals surface area contributed by atoms with Crippen molar-refractivity contribution < 1.29 is 0 Å². The second kappa shape index (κ2) is 5.59. The van der Waals surface area contributed by atoms with Crippen LogP contribution in [0.25, 0.3) is 10.9 Å². The molecule has 0 fully saturated rings. The van der Waals surface area contributed by atoms with Gasteiger partial charge in [-0.25, -0.2) is 4.68 Å². The highest BCUT2D eigenvalue weighted by molar-refractivity contribution is 6.17. The number of halogens is 1. The van der Waals surface area contributed by atoms with E-state index in [9.17, 15) is 0 Å². The summed E-state index contributed by atoms with van der Waals surface area (Å²) >= 11 is 5.72. The summed E-state index contributed by atoms with van der Waals surface area (Å²) in [4.78, 5) is 4.55. The molecule has 0 N–H and O–H groups in total. The zero-order chi connectivity index (χ0) is 13.9. The van der Waals surface area contributed by atoms with Crippen molar-refractivity contribution in [3.05, 3.63) is 53.5 Å². The third kappa shape index (κ3) is 2.65. The maximum Gasteiger partial charge on any atom is 0.0839 e. The molecule has 0 saturated carbocycles. The van der Waals surface area contributed by atoms with Crippen LogP contribution in [0.3, 0.4) is 0 Å². The Balaban J connectivity index is 1.97. The molecule has 0 aliphatic rings. The molecule has 5 heteroatoms. The second-order valence-corrected chi connectivity index (χ2v) is 5.16. The minimum atomic E-state index is 0.565. The number of alkyl halides is 1. The predicted molar refractivity (Wildman–Crippen MR) is 80.0 cm³/mol. The molecule has 2 heterocycles. The number of para-hydroxylation sites is 1. The Morgan fingerprint density at radius 2 is 2.10 bits per heavy atom. The SMILES string of the molecule is Cc1cc(Cn2cc(CCCl)nn2)c2ccccc2n1. The number of nitrogens with zero attached hydrogens (tertiary/aromatic N) is 4. The zero-order valence-electron chi connectivity index (χ0n) is 11.3. The molecule has 3 aromatic rings. The van der Waals surface area contributed by atoms with Gasteiger partial charge in [-0.1, -0.05) is 23.4 Å². The third-order valence-electron chi connectivity index (χ3n) is 3.20. The molecule has 1 aromatic carbocycles. The van der Waals surface area contributed by atoms with Crippen LogP contribution < -0.4 is 0 Å². The number of pyridine rings is 1. The van der Waals surface area contributed by atoms with Crippen molar-refractivity contribution in [2.45, 2.75) is 19.9 Å². The lowest BCUT2D eigenvalue weighted by molar-refractivity contribution is 0.651. The Hall–Kier alpha value is -1.94. The van der Waals surface area contributed by atoms with Crippen molar-refractivity contribution >= 4 is 22.5 Å². The monoisotopic (exact) mass is 286 g/mol. The van der Waals surface area contributed by atoms with E-state index < -0.39 is 0 Å². The average molecular weight is 287 g/mol. The molecule has 0 amide bonds. The Bertz CT molecular complexity index is 736. The molecule has 102 valence electrons. The van der Waals surface area contributed by atoms with Gasteiger partial charge in [0, 0.05) is 29.6 Å². The normalized spacial score (nSPS) is 11.1. The Labute approximate surface area is 122 Å². The van der Waals surface area contributed by atoms with E-state index in [1.54, 1.807) is 0 Å². The van der Waals surface area contributed by atoms with Gasteiger partial charge in [-0.3, -0.25) is 4.98 Å². The number of hydrogen-bond donors (Lipinski definition) is 0. The molecule has 0 radical (unpaired) electrons. The van der Waals surface area contributed by atoms with Crippen LogP contribution in [0.15, 0.2) is 36.5 Å². The van der Waals surface area contributed by atoms with Crippen LogP contribution in [0, 0.1) is 6.92 Å². The summed E-state index contributed by atoms with van der Waals surface area (Å²) in [6.07, 6.45) is 2.70. The van der Waals surface area contributed by atoms with Gasteiger partial charge in [0.25, 0.3) is 0 Å². The van der Waals surface area contributed by atoms with E-state index in [2.05, 4.69) is 27.4 Å². The molecule has 0 saturated heterocycles. The second-order valence-electron chi connectivity index (χ2n) is 4.79. The van der Waals surface area contributed by atoms with E-state index in [-0.39, 0.29) is 0 Å². The van der Waals surface area contributed by atoms with Gasteiger partial charge in [0.15, 0.2) is 0 Å². The van der Waals surface area contributed by atoms with Gasteiger partial charge in [0.2, 0.25) is 0 Å². The van der Waals surface area contributed by atoms with Crippen LogP contribution in [0.4, 0.5) is 0 Å². The van der Waals surface area contributed by atoms with Crippen LogP contribution in [0.5, 0.6) is 0 Å². The predicted octanol–water partition coefficient (Wildman–Crippen LogP) is 2.96. The molecule has 0 aliphatic carbocycles. The number of aromatic nitrogens is 4. The van der Waals surface area contributed by atoms with E-state index in [1.807, 2.05) is 36.0 Å². The van der Waals surface area contributed by atoms with Gasteiger partial charge >= 0.3 is 0 Å². The Kier molecular flexibility index (Phi) is 3.65. The number of rotatable bonds is 4. The standard InChI is InChI=1S/C15H15ClN4/c1-11-8-12(14-4-2-3-5-15(14)17-11)9-20-10-13(6-7-16)18-19-20/h2-5,8,10H,6-7,9H2,1H3. The van der Waals surface area contributed by atoms with Gasteiger partial charge in [-0.15, -0.1) is 16.7 Å². The topological polar surface area (TPSA) is 43.6 Å². The lowest BCUT2D eigenvalue weighted by Crippen LogP contribution is -2.02. The minimum absolute atomic E-state index is 0.565. The molecule has 0 unspecified atom stereocenters. The van der Waals surface area contributed by atoms with E-state index in [1.165, 1.54) is 5.56 Å². The lowest BCUT2D eigenvalue weighted by Gasteiger charge is -2.07. The van der Waals surface area contributed by atoms with Gasteiger partial charge in [0.05, 0.1) is 17.8 Å². The van der Waals surface area contributed by atoms with E-state index in [4.69, 9.17) is 11.6 Å². The first kappa shape index (κ1) is 13.1. The highest BCUT2D eigenvalue weighted by Gasteiger charge is 2.06. The van der Waals surface area contributed by atoms with Crippen molar-refractivity contribution in [3.8, 4) is 0 Å². The molecule has 2 aromatic heterocycles. The molecular weight excluding hydrogens is 272 g/mol. The summed E-state index contributed by atoms with van der Waals surface area (Å²) in [5, 5.41) is 9.43. The number of fused-ring (bicyclic) bond motifs is 1. The largest absolute Gasteiger partial charge is 0.253 e. The summed E-state index contributed by atoms with van der Waals surface area (Å²) in [5.74, 6) is 0.565. The summed E-state index contributed by atoms with van der Waals surface area (Å²) in [6, 6.07) is 10.3. The molecule has 4 nitrogen and oxygen atoms in total. The van der Waals surface area contributed by atoms with Gasteiger partial charge in [-0.05, 0) is 24.6 Å². The number of benzene rings is 1. The smallest absolute Gasteiger partial charge is 0.0839 e. The van der Waals surface area contributed by atoms with Crippen LogP contribution in [-0.2, 0) is 13.0 Å². The first-order valence-electron chi connectivity index (χ1n) is 6.56. The molecule has 0 atom stereocenters. The average Bonchev–Trinajstić information content (AvgIpc) is 2.86. The summed E-state index contributed by atoms with van der Waals surface area (Å²) in [6.45, 7) is 2.70.